The molecule has 1 rings (SSSR count). The van der Waals surface area contributed by atoms with Gasteiger partial charge in [-0.3, -0.25) is 9.68 Å². The number of carbonyl (C=O) groups excluding carboxylic acids is 1. The molecule has 0 heterocycles. The van der Waals surface area contributed by atoms with Gasteiger partial charge in [-0.2, -0.15) is 5.26 Å². The molecule has 16 heavy (non-hydrogen) atoms. The second-order valence-electron chi connectivity index (χ2n) is 2.41. The summed E-state index contributed by atoms with van der Waals surface area (Å²) >= 11 is 5.56. The molecule has 7 heteroatoms. The fourth-order valence-electron chi connectivity index (χ4n) is 0.668. The van der Waals surface area contributed by atoms with Crippen molar-refractivity contribution in [2.24, 2.45) is 0 Å². The summed E-state index contributed by atoms with van der Waals surface area (Å²) in [5.74, 6) is -1.65. The van der Waals surface area contributed by atoms with Gasteiger partial charge < -0.3 is 5.11 Å². The Kier molecular flexibility index (Phi) is 10.6. The van der Waals surface area contributed by atoms with Crippen LogP contribution in [0.2, 0.25) is 5.02 Å². The van der Waals surface area contributed by atoms with E-state index in [1.54, 1.807) is 12.1 Å². The van der Waals surface area contributed by atoms with E-state index in [9.17, 15) is 4.79 Å². The number of carboxylic acids is 1. The van der Waals surface area contributed by atoms with E-state index in [-0.39, 0.29) is 32.9 Å². The second kappa shape index (κ2) is 9.55. The van der Waals surface area contributed by atoms with E-state index in [0.717, 1.165) is 6.92 Å². The zero-order valence-corrected chi connectivity index (χ0v) is 12.9. The summed E-state index contributed by atoms with van der Waals surface area (Å²) in [5.41, 5.74) is 0.222. The van der Waals surface area contributed by atoms with Gasteiger partial charge in [0.05, 0.1) is 5.56 Å². The normalized spacial score (nSPS) is 7.94. The van der Waals surface area contributed by atoms with Gasteiger partial charge in [-0.25, -0.2) is 4.79 Å². The number of carboxylic acid groups (broad SMARTS) is 1. The maximum absolute atomic E-state index is 10.6. The average Bonchev–Trinajstić information content (AvgIpc) is 2.16. The molecule has 0 aromatic heterocycles. The molecule has 0 amide bonds. The minimum Gasteiger partial charge on any atom is -0.481 e. The molecule has 0 fully saturated rings. The first-order valence-corrected chi connectivity index (χ1v) is 4.16. The molecule has 0 spiro atoms. The molecule has 5 nitrogen and oxygen atoms in total. The Morgan fingerprint density at radius 1 is 1.38 bits per heavy atom. The topological polar surface area (TPSA) is 83.8 Å². The van der Waals surface area contributed by atoms with Crippen LogP contribution in [0.15, 0.2) is 24.3 Å². The van der Waals surface area contributed by atoms with E-state index < -0.39 is 11.9 Å². The van der Waals surface area contributed by atoms with Gasteiger partial charge in [0, 0.05) is 39.2 Å². The van der Waals surface area contributed by atoms with Gasteiger partial charge in [-0.15, -0.1) is 0 Å². The number of hydrogen-bond donors (Lipinski definition) is 2. The van der Waals surface area contributed by atoms with Crippen LogP contribution in [0.4, 0.5) is 0 Å². The van der Waals surface area contributed by atoms with Gasteiger partial charge in [-0.05, 0) is 18.2 Å². The van der Waals surface area contributed by atoms with E-state index >= 15 is 0 Å². The Balaban J connectivity index is 0. The molecule has 2 N–H and O–H groups in total. The van der Waals surface area contributed by atoms with Crippen molar-refractivity contribution in [1.82, 2.24) is 0 Å². The smallest absolute Gasteiger partial charge is 0.372 e. The van der Waals surface area contributed by atoms with Crippen molar-refractivity contribution in [2.75, 3.05) is 0 Å². The Hall–Kier alpha value is -0.668. The molecule has 0 atom stereocenters. The average molecular weight is 440 g/mol. The van der Waals surface area contributed by atoms with Crippen LogP contribution < -0.4 is 0 Å². The summed E-state index contributed by atoms with van der Waals surface area (Å²) < 4.78 is 0. The van der Waals surface area contributed by atoms with Gasteiger partial charge in [0.2, 0.25) is 0 Å². The van der Waals surface area contributed by atoms with Gasteiger partial charge in [0.1, 0.15) is 0 Å². The monoisotopic (exact) mass is 440 g/mol. The third-order valence-corrected chi connectivity index (χ3v) is 1.38. The zero-order chi connectivity index (χ0) is 11.8. The number of hydrogen-bond acceptors (Lipinski definition) is 4. The van der Waals surface area contributed by atoms with Crippen molar-refractivity contribution in [3.63, 3.8) is 0 Å². The summed E-state index contributed by atoms with van der Waals surface area (Å²) in [6, 6.07) is 6.11. The van der Waals surface area contributed by atoms with E-state index in [1.165, 1.54) is 12.1 Å². The van der Waals surface area contributed by atoms with E-state index in [2.05, 4.69) is 4.89 Å². The first-order valence-electron chi connectivity index (χ1n) is 3.78. The summed E-state index contributed by atoms with van der Waals surface area (Å²) in [6.07, 6.45) is 0. The molecular formula is C9H9ClO5Pb. The first kappa shape index (κ1) is 17.7. The van der Waals surface area contributed by atoms with Crippen LogP contribution in [0.25, 0.3) is 0 Å². The van der Waals surface area contributed by atoms with Crippen LogP contribution in [-0.2, 0) is 9.68 Å². The number of rotatable bonds is 1. The molecule has 0 aliphatic heterocycles. The molecule has 1 aromatic carbocycles. The van der Waals surface area contributed by atoms with Crippen LogP contribution in [-0.4, -0.2) is 49.6 Å². The third kappa shape index (κ3) is 8.63. The van der Waals surface area contributed by atoms with Crippen molar-refractivity contribution in [2.45, 2.75) is 6.92 Å². The quantitative estimate of drug-likeness (QED) is 0.395. The van der Waals surface area contributed by atoms with Crippen molar-refractivity contribution >= 4 is 50.8 Å². The van der Waals surface area contributed by atoms with Crippen molar-refractivity contribution in [1.29, 1.82) is 0 Å². The summed E-state index contributed by atoms with van der Waals surface area (Å²) in [5, 5.41) is 15.8. The number of halogens is 1. The third-order valence-electron chi connectivity index (χ3n) is 1.14. The van der Waals surface area contributed by atoms with Crippen molar-refractivity contribution in [3.8, 4) is 0 Å². The largest absolute Gasteiger partial charge is 0.481 e. The van der Waals surface area contributed by atoms with Gasteiger partial charge in [0.15, 0.2) is 0 Å². The minimum atomic E-state index is -0.833. The second-order valence-corrected chi connectivity index (χ2v) is 2.84. The Labute approximate surface area is 117 Å². The van der Waals surface area contributed by atoms with Gasteiger partial charge >= 0.3 is 5.97 Å². The van der Waals surface area contributed by atoms with Crippen LogP contribution in [0.3, 0.4) is 0 Å². The van der Waals surface area contributed by atoms with Gasteiger partial charge in [0.25, 0.3) is 5.97 Å². The maximum Gasteiger partial charge on any atom is 0.372 e. The van der Waals surface area contributed by atoms with Gasteiger partial charge in [-0.1, -0.05) is 17.7 Å². The van der Waals surface area contributed by atoms with Crippen molar-refractivity contribution in [3.05, 3.63) is 34.9 Å². The van der Waals surface area contributed by atoms with Crippen LogP contribution >= 0.6 is 11.6 Å². The van der Waals surface area contributed by atoms with E-state index in [4.69, 9.17) is 26.8 Å². The Bertz CT molecular complexity index is 352. The molecule has 1 aromatic rings. The fourth-order valence-corrected chi connectivity index (χ4v) is 0.858. The van der Waals surface area contributed by atoms with E-state index in [1.807, 2.05) is 0 Å². The first-order chi connectivity index (χ1) is 6.97. The maximum atomic E-state index is 10.6. The molecule has 0 aliphatic carbocycles. The number of benzene rings is 1. The summed E-state index contributed by atoms with van der Waals surface area (Å²) in [4.78, 5) is 23.1. The molecule has 0 saturated carbocycles. The van der Waals surface area contributed by atoms with Crippen molar-refractivity contribution < 1.29 is 24.8 Å². The zero-order valence-electron chi connectivity index (χ0n) is 8.31. The fraction of sp³-hybridized carbons (Fsp3) is 0.111. The summed E-state index contributed by atoms with van der Waals surface area (Å²) in [6.45, 7) is 1.08. The molecule has 86 valence electrons. The molecule has 0 saturated heterocycles. The molecular weight excluding hydrogens is 431 g/mol. The molecule has 0 bridgehead atoms. The van der Waals surface area contributed by atoms with Crippen LogP contribution in [0.5, 0.6) is 0 Å². The predicted octanol–water partition coefficient (Wildman–Crippen LogP) is 1.68. The van der Waals surface area contributed by atoms with Crippen LogP contribution in [0, 0.1) is 0 Å². The summed E-state index contributed by atoms with van der Waals surface area (Å²) in [7, 11) is 0. The molecule has 0 aliphatic rings. The Morgan fingerprint density at radius 2 is 1.88 bits per heavy atom. The van der Waals surface area contributed by atoms with Crippen LogP contribution in [0.1, 0.15) is 17.3 Å². The number of aliphatic carboxylic acids is 1. The predicted molar refractivity (Wildman–Crippen MR) is 58.6 cm³/mol. The minimum absolute atomic E-state index is 0. The SMILES string of the molecule is CC(=O)O.O=C(OO)c1cccc(Cl)c1.[Pb]. The standard InChI is InChI=1S/C7H5ClO3.C2H4O2.Pb/c8-6-3-1-2-5(4-6)7(9)11-10;1-2(3)4;/h1-4,10H;1H3,(H,3,4);. The Morgan fingerprint density at radius 3 is 2.25 bits per heavy atom. The number of carbonyl (C=O) groups is 2. The van der Waals surface area contributed by atoms with E-state index in [0.29, 0.717) is 5.02 Å². The molecule has 0 unspecified atom stereocenters. The molecule has 4 radical (unpaired) electrons.